The van der Waals surface area contributed by atoms with Crippen LogP contribution in [0.3, 0.4) is 0 Å². The first-order valence-electron chi connectivity index (χ1n) is 10.2. The van der Waals surface area contributed by atoms with Gasteiger partial charge < -0.3 is 9.82 Å². The minimum Gasteiger partial charge on any atom is -0.399 e. The molecular weight excluding hydrogens is 507 g/mol. The first-order valence-corrected chi connectivity index (χ1v) is 12.1. The van der Waals surface area contributed by atoms with Crippen molar-refractivity contribution in [3.05, 3.63) is 76.4 Å². The third-order valence-corrected chi connectivity index (χ3v) is 7.24. The van der Waals surface area contributed by atoms with Gasteiger partial charge in [0.15, 0.2) is 0 Å². The summed E-state index contributed by atoms with van der Waals surface area (Å²) in [5, 5.41) is 3.36. The highest BCUT2D eigenvalue weighted by Gasteiger charge is 2.40. The average molecular weight is 526 g/mol. The average Bonchev–Trinajstić information content (AvgIpc) is 3.26. The van der Waals surface area contributed by atoms with E-state index in [-0.39, 0.29) is 27.7 Å². The maximum Gasteiger partial charge on any atom is 0.412 e. The summed E-state index contributed by atoms with van der Waals surface area (Å²) in [5.74, 6) is 0. The van der Waals surface area contributed by atoms with Crippen molar-refractivity contribution in [3.63, 3.8) is 0 Å². The number of nitrogens with zero attached hydrogens (tertiary/aromatic N) is 3. The first kappa shape index (κ1) is 24.7. The van der Waals surface area contributed by atoms with E-state index >= 15 is 0 Å². The first-order chi connectivity index (χ1) is 16.5. The van der Waals surface area contributed by atoms with Gasteiger partial charge >= 0.3 is 6.18 Å². The second kappa shape index (κ2) is 9.34. The van der Waals surface area contributed by atoms with E-state index in [1.165, 1.54) is 38.6 Å². The Morgan fingerprint density at radius 3 is 2.80 bits per heavy atom. The van der Waals surface area contributed by atoms with Crippen molar-refractivity contribution in [2.75, 3.05) is 11.8 Å². The maximum atomic E-state index is 13.4. The smallest absolute Gasteiger partial charge is 0.399 e. The number of hydrogen-bond acceptors (Lipinski definition) is 6. The Morgan fingerprint density at radius 1 is 1.31 bits per heavy atom. The van der Waals surface area contributed by atoms with Gasteiger partial charge in [0.25, 0.3) is 0 Å². The van der Waals surface area contributed by atoms with E-state index in [1.54, 1.807) is 18.3 Å². The van der Waals surface area contributed by atoms with Gasteiger partial charge in [0.2, 0.25) is 10.0 Å². The van der Waals surface area contributed by atoms with E-state index in [1.807, 2.05) is 0 Å². The van der Waals surface area contributed by atoms with Gasteiger partial charge in [0.05, 0.1) is 10.7 Å². The maximum absolute atomic E-state index is 13.4. The predicted octanol–water partition coefficient (Wildman–Crippen LogP) is 4.96. The third kappa shape index (κ3) is 5.03. The number of aromatic nitrogens is 3. The van der Waals surface area contributed by atoms with Gasteiger partial charge in [-0.05, 0) is 37.1 Å². The van der Waals surface area contributed by atoms with Gasteiger partial charge in [-0.3, -0.25) is 9.71 Å². The molecule has 3 aromatic heterocycles. The van der Waals surface area contributed by atoms with Crippen LogP contribution in [0, 0.1) is 0 Å². The lowest BCUT2D eigenvalue weighted by Crippen LogP contribution is -2.31. The Balaban J connectivity index is 1.76. The molecule has 1 unspecified atom stereocenters. The zero-order valence-corrected chi connectivity index (χ0v) is 20.0. The second-order valence-electron chi connectivity index (χ2n) is 7.68. The zero-order valence-electron chi connectivity index (χ0n) is 18.4. The molecule has 0 fully saturated rings. The van der Waals surface area contributed by atoms with Gasteiger partial charge in [-0.1, -0.05) is 28.9 Å². The molecule has 35 heavy (non-hydrogen) atoms. The number of halogens is 4. The fraction of sp³-hybridized carbons (Fsp3) is 0.227. The molecule has 1 aliphatic carbocycles. The van der Waals surface area contributed by atoms with Gasteiger partial charge in [0.1, 0.15) is 29.4 Å². The fourth-order valence-electron chi connectivity index (χ4n) is 3.75. The summed E-state index contributed by atoms with van der Waals surface area (Å²) in [5.41, 5.74) is 0.322. The zero-order chi connectivity index (χ0) is 25.4. The number of nitrogens with one attached hydrogen (secondary N) is 2. The minimum absolute atomic E-state index is 0.0308. The number of rotatable bonds is 6. The largest absolute Gasteiger partial charge is 0.412 e. The predicted molar refractivity (Wildman–Crippen MR) is 127 cm³/mol. The molecular formula is C22H19ClF3N5O3S. The Kier molecular flexibility index (Phi) is 6.60. The molecule has 1 atom stereocenters. The van der Waals surface area contributed by atoms with E-state index in [4.69, 9.17) is 16.4 Å². The highest BCUT2D eigenvalue weighted by molar-refractivity contribution is 7.93. The highest BCUT2D eigenvalue weighted by atomic mass is 35.5. The number of pyridine rings is 2. The van der Waals surface area contributed by atoms with Crippen molar-refractivity contribution < 1.29 is 26.4 Å². The van der Waals surface area contributed by atoms with Crippen LogP contribution < -0.4 is 4.72 Å². The van der Waals surface area contributed by atoms with Crippen LogP contribution in [-0.4, -0.2) is 47.6 Å². The molecule has 3 heterocycles. The molecule has 2 N–H and O–H groups in total. The van der Waals surface area contributed by atoms with Gasteiger partial charge in [-0.25, -0.2) is 13.4 Å². The molecule has 1 aliphatic rings. The normalized spacial score (nSPS) is 17.2. The van der Waals surface area contributed by atoms with Crippen molar-refractivity contribution in [3.8, 4) is 0 Å². The lowest BCUT2D eigenvalue weighted by Gasteiger charge is -2.24. The summed E-state index contributed by atoms with van der Waals surface area (Å²) in [6.07, 6.45) is 1.51. The summed E-state index contributed by atoms with van der Waals surface area (Å²) in [6.45, 7) is 1.29. The Labute approximate surface area is 203 Å². The van der Waals surface area contributed by atoms with Crippen molar-refractivity contribution >= 4 is 44.1 Å². The Morgan fingerprint density at radius 2 is 2.09 bits per heavy atom. The molecule has 184 valence electrons. The molecule has 0 bridgehead atoms. The summed E-state index contributed by atoms with van der Waals surface area (Å²) in [4.78, 5) is 16.4. The fourth-order valence-corrected chi connectivity index (χ4v) is 5.19. The number of sulfonamides is 1. The molecule has 4 rings (SSSR count). The van der Waals surface area contributed by atoms with E-state index in [0.29, 0.717) is 16.6 Å². The lowest BCUT2D eigenvalue weighted by atomic mass is 9.98. The van der Waals surface area contributed by atoms with Gasteiger partial charge in [-0.2, -0.15) is 13.2 Å². The summed E-state index contributed by atoms with van der Waals surface area (Å²) < 4.78 is 68.9. The molecule has 0 saturated heterocycles. The van der Waals surface area contributed by atoms with E-state index in [2.05, 4.69) is 24.8 Å². The van der Waals surface area contributed by atoms with E-state index in [0.717, 1.165) is 6.08 Å². The number of fused-ring (bicyclic) bond motifs is 1. The number of alkyl halides is 3. The molecule has 0 spiro atoms. The SMILES string of the molecule is CO/N=C(/c1ncc(Cl)cc1NS(=O)(=O)C1C=CC(C)=C(C(F)(F)F)C1)c1ccnc2[nH]ccc12. The summed E-state index contributed by atoms with van der Waals surface area (Å²) in [7, 11) is -3.02. The van der Waals surface area contributed by atoms with Gasteiger partial charge in [-0.15, -0.1) is 0 Å². The summed E-state index contributed by atoms with van der Waals surface area (Å²) in [6, 6.07) is 4.71. The van der Waals surface area contributed by atoms with E-state index in [9.17, 15) is 21.6 Å². The van der Waals surface area contributed by atoms with Crippen LogP contribution in [-0.2, 0) is 14.9 Å². The number of anilines is 1. The quantitative estimate of drug-likeness (QED) is 0.349. The Hall–Kier alpha value is -3.38. The molecule has 8 nitrogen and oxygen atoms in total. The number of H-pyrrole nitrogens is 1. The molecule has 0 saturated carbocycles. The molecule has 0 radical (unpaired) electrons. The van der Waals surface area contributed by atoms with Crippen LogP contribution in [0.15, 0.2) is 65.2 Å². The topological polar surface area (TPSA) is 109 Å². The molecule has 0 aromatic carbocycles. The number of aromatic amines is 1. The third-order valence-electron chi connectivity index (χ3n) is 5.41. The van der Waals surface area contributed by atoms with Crippen molar-refractivity contribution in [2.45, 2.75) is 24.8 Å². The van der Waals surface area contributed by atoms with Crippen LogP contribution in [0.5, 0.6) is 0 Å². The Bertz CT molecular complexity index is 1480. The highest BCUT2D eigenvalue weighted by Crippen LogP contribution is 2.37. The van der Waals surface area contributed by atoms with Crippen LogP contribution in [0.2, 0.25) is 5.02 Å². The van der Waals surface area contributed by atoms with Crippen LogP contribution in [0.1, 0.15) is 24.6 Å². The number of oxime groups is 1. The van der Waals surface area contributed by atoms with Crippen LogP contribution >= 0.6 is 11.6 Å². The molecule has 0 amide bonds. The minimum atomic E-state index is -4.65. The number of allylic oxidation sites excluding steroid dienone is 3. The molecule has 3 aromatic rings. The van der Waals surface area contributed by atoms with Crippen LogP contribution in [0.4, 0.5) is 18.9 Å². The number of hydrogen-bond donors (Lipinski definition) is 2. The van der Waals surface area contributed by atoms with Gasteiger partial charge in [0, 0.05) is 35.1 Å². The summed E-state index contributed by atoms with van der Waals surface area (Å²) >= 11 is 6.09. The monoisotopic (exact) mass is 525 g/mol. The molecule has 0 aliphatic heterocycles. The van der Waals surface area contributed by atoms with Crippen molar-refractivity contribution in [1.82, 2.24) is 15.0 Å². The van der Waals surface area contributed by atoms with Crippen molar-refractivity contribution in [2.24, 2.45) is 5.16 Å². The van der Waals surface area contributed by atoms with Crippen LogP contribution in [0.25, 0.3) is 11.0 Å². The molecule has 13 heteroatoms. The van der Waals surface area contributed by atoms with Crippen molar-refractivity contribution in [1.29, 1.82) is 0 Å². The standard InChI is InChI=1S/C22H19ClF3N5O3S/c1-12-3-4-14(10-17(12)22(24,25)26)35(32,33)31-18-9-13(23)11-29-20(18)19(30-34-2)15-5-7-27-21-16(15)6-8-28-21/h3-9,11,14,31H,10H2,1-2H3,(H,27,28)/b30-19+. The second-order valence-corrected chi connectivity index (χ2v) is 10.0. The van der Waals surface area contributed by atoms with E-state index < -0.39 is 33.4 Å². The lowest BCUT2D eigenvalue weighted by molar-refractivity contribution is -0.0946.